The maximum absolute atomic E-state index is 13.2. The number of carbonyl (C=O) groups excluding carboxylic acids is 2. The molecule has 172 valence electrons. The maximum Gasteiger partial charge on any atom is 0.258 e. The zero-order valence-electron chi connectivity index (χ0n) is 18.9. The zero-order valence-corrected chi connectivity index (χ0v) is 18.9. The van der Waals surface area contributed by atoms with E-state index in [0.717, 1.165) is 37.9 Å². The molecular formula is C25H33N3O4. The Bertz CT molecular complexity index is 969. The van der Waals surface area contributed by atoms with Crippen molar-refractivity contribution < 1.29 is 19.4 Å². The number of ether oxygens (including phenoxy) is 1. The molecule has 2 fully saturated rings. The van der Waals surface area contributed by atoms with Crippen molar-refractivity contribution in [3.63, 3.8) is 0 Å². The fourth-order valence-electron chi connectivity index (χ4n) is 4.96. The summed E-state index contributed by atoms with van der Waals surface area (Å²) in [7, 11) is 0. The number of likely N-dealkylation sites (tertiary alicyclic amines) is 1. The van der Waals surface area contributed by atoms with Crippen molar-refractivity contribution in [2.75, 3.05) is 32.7 Å². The summed E-state index contributed by atoms with van der Waals surface area (Å²) in [5.74, 6) is -0.421. The third-order valence-corrected chi connectivity index (χ3v) is 6.39. The number of benzene rings is 2. The Kier molecular flexibility index (Phi) is 6.96. The van der Waals surface area contributed by atoms with Crippen LogP contribution in [0, 0.1) is 0 Å². The lowest BCUT2D eigenvalue weighted by Crippen LogP contribution is -2.47. The molecule has 0 saturated carbocycles. The van der Waals surface area contributed by atoms with Crippen molar-refractivity contribution in [1.29, 1.82) is 0 Å². The molecule has 7 heteroatoms. The lowest BCUT2D eigenvalue weighted by Gasteiger charge is -2.35. The minimum absolute atomic E-state index is 0.0203. The van der Waals surface area contributed by atoms with Crippen LogP contribution in [0.4, 0.5) is 0 Å². The number of carbonyl (C=O) groups is 2. The minimum atomic E-state index is -0.489. The first-order valence-corrected chi connectivity index (χ1v) is 11.6. The van der Waals surface area contributed by atoms with Gasteiger partial charge in [-0.25, -0.2) is 0 Å². The van der Waals surface area contributed by atoms with E-state index in [0.29, 0.717) is 24.9 Å². The molecule has 7 nitrogen and oxygen atoms in total. The average Bonchev–Trinajstić information content (AvgIpc) is 3.26. The molecule has 2 aromatic rings. The molecular weight excluding hydrogens is 406 g/mol. The second-order valence-corrected chi connectivity index (χ2v) is 9.00. The molecule has 0 unspecified atom stereocenters. The predicted molar refractivity (Wildman–Crippen MR) is 124 cm³/mol. The summed E-state index contributed by atoms with van der Waals surface area (Å²) in [5.41, 5.74) is 0.249. The van der Waals surface area contributed by atoms with Gasteiger partial charge in [-0.1, -0.05) is 30.3 Å². The van der Waals surface area contributed by atoms with E-state index >= 15 is 0 Å². The molecule has 2 aromatic carbocycles. The van der Waals surface area contributed by atoms with E-state index in [4.69, 9.17) is 4.74 Å². The molecule has 2 aliphatic rings. The number of phenols is 1. The van der Waals surface area contributed by atoms with Crippen LogP contribution >= 0.6 is 0 Å². The van der Waals surface area contributed by atoms with Gasteiger partial charge in [0.15, 0.2) is 0 Å². The number of nitrogens with one attached hydrogen (secondary N) is 1. The molecule has 2 aliphatic heterocycles. The van der Waals surface area contributed by atoms with Gasteiger partial charge in [0.25, 0.3) is 5.91 Å². The number of nitrogens with zero attached hydrogens (tertiary/aromatic N) is 2. The molecule has 2 N–H and O–H groups in total. The van der Waals surface area contributed by atoms with E-state index < -0.39 is 6.04 Å². The summed E-state index contributed by atoms with van der Waals surface area (Å²) < 4.78 is 5.76. The van der Waals surface area contributed by atoms with Crippen molar-refractivity contribution >= 4 is 22.6 Å². The molecule has 0 aromatic heterocycles. The van der Waals surface area contributed by atoms with Crippen molar-refractivity contribution in [1.82, 2.24) is 15.1 Å². The van der Waals surface area contributed by atoms with Crippen LogP contribution in [0.5, 0.6) is 5.75 Å². The van der Waals surface area contributed by atoms with Gasteiger partial charge in [-0.05, 0) is 44.6 Å². The number of hydrogen-bond donors (Lipinski definition) is 2. The predicted octanol–water partition coefficient (Wildman–Crippen LogP) is 2.77. The standard InChI is InChI=1S/C25H33N3O4/c1-17-15-27(16-18(2)32-17)13-6-12-26-24(30)22-9-5-14-28(22)25(31)21-11-10-19-7-3-4-8-20(19)23(21)29/h3-4,7-8,10-11,17-18,22,29H,5-6,9,12-16H2,1-2H3,(H,26,30)/t17-,18+,22-/m1/s1. The second-order valence-electron chi connectivity index (χ2n) is 9.00. The normalized spacial score (nSPS) is 24.1. The summed E-state index contributed by atoms with van der Waals surface area (Å²) in [6, 6.07) is 10.4. The molecule has 4 rings (SSSR count). The zero-order chi connectivity index (χ0) is 22.7. The fourth-order valence-corrected chi connectivity index (χ4v) is 4.96. The van der Waals surface area contributed by atoms with E-state index in [-0.39, 0.29) is 35.3 Å². The summed E-state index contributed by atoms with van der Waals surface area (Å²) in [6.07, 6.45) is 2.75. The molecule has 0 bridgehead atoms. The van der Waals surface area contributed by atoms with Crippen LogP contribution in [0.25, 0.3) is 10.8 Å². The van der Waals surface area contributed by atoms with Gasteiger partial charge in [-0.15, -0.1) is 0 Å². The Morgan fingerprint density at radius 1 is 1.12 bits per heavy atom. The highest BCUT2D eigenvalue weighted by molar-refractivity contribution is 6.05. The maximum atomic E-state index is 13.2. The van der Waals surface area contributed by atoms with E-state index in [1.807, 2.05) is 24.3 Å². The van der Waals surface area contributed by atoms with Gasteiger partial charge in [0, 0.05) is 38.1 Å². The number of hydrogen-bond acceptors (Lipinski definition) is 5. The van der Waals surface area contributed by atoms with Crippen LogP contribution in [0.3, 0.4) is 0 Å². The van der Waals surface area contributed by atoms with Gasteiger partial charge < -0.3 is 20.1 Å². The Labute approximate surface area is 189 Å². The topological polar surface area (TPSA) is 82.1 Å². The molecule has 2 heterocycles. The number of amides is 2. The highest BCUT2D eigenvalue weighted by Gasteiger charge is 2.35. The Morgan fingerprint density at radius 2 is 1.88 bits per heavy atom. The molecule has 0 aliphatic carbocycles. The van der Waals surface area contributed by atoms with Crippen molar-refractivity contribution in [3.05, 3.63) is 42.0 Å². The highest BCUT2D eigenvalue weighted by atomic mass is 16.5. The molecule has 0 spiro atoms. The van der Waals surface area contributed by atoms with Gasteiger partial charge in [-0.3, -0.25) is 14.5 Å². The van der Waals surface area contributed by atoms with E-state index in [9.17, 15) is 14.7 Å². The van der Waals surface area contributed by atoms with Crippen molar-refractivity contribution in [2.45, 2.75) is 51.4 Å². The van der Waals surface area contributed by atoms with Gasteiger partial charge in [-0.2, -0.15) is 0 Å². The third-order valence-electron chi connectivity index (χ3n) is 6.39. The molecule has 2 amide bonds. The van der Waals surface area contributed by atoms with Gasteiger partial charge in [0.2, 0.25) is 5.91 Å². The molecule has 2 saturated heterocycles. The van der Waals surface area contributed by atoms with Crippen molar-refractivity contribution in [3.8, 4) is 5.75 Å². The number of morpholine rings is 1. The summed E-state index contributed by atoms with van der Waals surface area (Å²) in [5, 5.41) is 15.2. The van der Waals surface area contributed by atoms with Crippen LogP contribution < -0.4 is 5.32 Å². The number of phenolic OH excluding ortho intramolecular Hbond substituents is 1. The fraction of sp³-hybridized carbons (Fsp3) is 0.520. The van der Waals surface area contributed by atoms with E-state index in [1.54, 1.807) is 17.0 Å². The highest BCUT2D eigenvalue weighted by Crippen LogP contribution is 2.31. The summed E-state index contributed by atoms with van der Waals surface area (Å²) >= 11 is 0. The second kappa shape index (κ2) is 9.88. The third kappa shape index (κ3) is 4.89. The first-order valence-electron chi connectivity index (χ1n) is 11.6. The molecule has 32 heavy (non-hydrogen) atoms. The van der Waals surface area contributed by atoms with Crippen LogP contribution in [0.2, 0.25) is 0 Å². The Hall–Kier alpha value is -2.64. The quantitative estimate of drug-likeness (QED) is 0.677. The van der Waals surface area contributed by atoms with Crippen LogP contribution in [-0.4, -0.2) is 77.7 Å². The van der Waals surface area contributed by atoms with Crippen LogP contribution in [0.15, 0.2) is 36.4 Å². The number of aromatic hydroxyl groups is 1. The molecule has 0 radical (unpaired) electrons. The van der Waals surface area contributed by atoms with Gasteiger partial charge in [0.05, 0.1) is 17.8 Å². The average molecular weight is 440 g/mol. The van der Waals surface area contributed by atoms with Gasteiger partial charge >= 0.3 is 0 Å². The lowest BCUT2D eigenvalue weighted by molar-refractivity contribution is -0.124. The van der Waals surface area contributed by atoms with Crippen LogP contribution in [-0.2, 0) is 9.53 Å². The first kappa shape index (κ1) is 22.6. The number of fused-ring (bicyclic) bond motifs is 1. The first-order chi connectivity index (χ1) is 15.4. The molecule has 3 atom stereocenters. The monoisotopic (exact) mass is 439 g/mol. The van der Waals surface area contributed by atoms with E-state index in [2.05, 4.69) is 24.1 Å². The van der Waals surface area contributed by atoms with Crippen LogP contribution in [0.1, 0.15) is 43.5 Å². The van der Waals surface area contributed by atoms with Crippen molar-refractivity contribution in [2.24, 2.45) is 0 Å². The SMILES string of the molecule is C[C@@H]1CN(CCCNC(=O)[C@H]2CCCN2C(=O)c2ccc3ccccc3c2O)C[C@H](C)O1. The minimum Gasteiger partial charge on any atom is -0.506 e. The lowest BCUT2D eigenvalue weighted by atomic mass is 10.0. The largest absolute Gasteiger partial charge is 0.506 e. The Balaban J connectivity index is 1.33. The van der Waals surface area contributed by atoms with Gasteiger partial charge in [0.1, 0.15) is 11.8 Å². The summed E-state index contributed by atoms with van der Waals surface area (Å²) in [6.45, 7) is 8.02. The summed E-state index contributed by atoms with van der Waals surface area (Å²) in [4.78, 5) is 30.0. The Morgan fingerprint density at radius 3 is 2.66 bits per heavy atom. The number of rotatable bonds is 6. The smallest absolute Gasteiger partial charge is 0.258 e. The van der Waals surface area contributed by atoms with E-state index in [1.165, 1.54) is 0 Å².